The van der Waals surface area contributed by atoms with E-state index < -0.39 is 60.3 Å². The predicted octanol–water partition coefficient (Wildman–Crippen LogP) is 4.41. The zero-order chi connectivity index (χ0) is 35.8. The number of phosphoric acid groups is 3. The second kappa shape index (κ2) is 21.1. The molecule has 2 unspecified atom stereocenters. The molecule has 1 aromatic rings. The van der Waals surface area contributed by atoms with Gasteiger partial charge in [0.15, 0.2) is 6.23 Å². The Balaban J connectivity index is 1.69. The van der Waals surface area contributed by atoms with Crippen LogP contribution in [0.15, 0.2) is 17.1 Å². The van der Waals surface area contributed by atoms with Gasteiger partial charge in [-0.3, -0.25) is 13.9 Å². The van der Waals surface area contributed by atoms with Crippen molar-refractivity contribution in [2.45, 2.75) is 134 Å². The summed E-state index contributed by atoms with van der Waals surface area (Å²) in [5, 5.41) is 23.2. The summed E-state index contributed by atoms with van der Waals surface area (Å²) < 4.78 is 51.9. The van der Waals surface area contributed by atoms with Gasteiger partial charge in [0.25, 0.3) is 0 Å². The molecule has 1 saturated heterocycles. The number of carbonyl (C=O) groups is 1. The molecule has 2 heterocycles. The maximum absolute atomic E-state index is 12.6. The number of carbonyl (C=O) groups excluding carboxylic acids is 1. The molecule has 0 radical (unpaired) electrons. The first-order chi connectivity index (χ1) is 22.5. The van der Waals surface area contributed by atoms with E-state index in [9.17, 15) is 43.3 Å². The Kier molecular flexibility index (Phi) is 18.8. The fraction of sp³-hybridized carbons (Fsp3) is 0.815. The average molecular weight is 750 g/mol. The van der Waals surface area contributed by atoms with Crippen LogP contribution in [-0.2, 0) is 36.4 Å². The number of aliphatic hydroxyl groups is 2. The summed E-state index contributed by atoms with van der Waals surface area (Å²) in [5.74, 6) is -0.368. The lowest BCUT2D eigenvalue weighted by molar-refractivity contribution is -0.116. The number of phosphoric ester groups is 1. The Bertz CT molecular complexity index is 1330. The van der Waals surface area contributed by atoms with Gasteiger partial charge in [0, 0.05) is 12.6 Å². The summed E-state index contributed by atoms with van der Waals surface area (Å²) in [6.07, 6.45) is 12.7. The predicted molar refractivity (Wildman–Crippen MR) is 172 cm³/mol. The summed E-state index contributed by atoms with van der Waals surface area (Å²) in [6, 6.07) is 1.27. The third kappa shape index (κ3) is 17.0. The van der Waals surface area contributed by atoms with Crippen LogP contribution in [0, 0.1) is 0 Å². The van der Waals surface area contributed by atoms with Crippen molar-refractivity contribution in [2.75, 3.05) is 11.9 Å². The van der Waals surface area contributed by atoms with Crippen molar-refractivity contribution in [1.82, 2.24) is 9.55 Å². The summed E-state index contributed by atoms with van der Waals surface area (Å²) >= 11 is 0. The minimum absolute atomic E-state index is 0.0422. The van der Waals surface area contributed by atoms with Crippen LogP contribution in [0.3, 0.4) is 0 Å². The van der Waals surface area contributed by atoms with E-state index in [1.807, 2.05) is 0 Å². The highest BCUT2D eigenvalue weighted by atomic mass is 31.3. The molecular weight excluding hydrogens is 699 g/mol. The normalized spacial score (nSPS) is 22.3. The summed E-state index contributed by atoms with van der Waals surface area (Å²) in [7, 11) is -16.9. The molecule has 0 bridgehead atoms. The van der Waals surface area contributed by atoms with Crippen molar-refractivity contribution in [2.24, 2.45) is 0 Å². The summed E-state index contributed by atoms with van der Waals surface area (Å²) in [6.45, 7) is 1.18. The number of ether oxygens (including phenoxy) is 1. The van der Waals surface area contributed by atoms with E-state index in [0.29, 0.717) is 6.42 Å². The van der Waals surface area contributed by atoms with E-state index in [1.54, 1.807) is 0 Å². The number of hydrogen-bond acceptors (Lipinski definition) is 12. The summed E-state index contributed by atoms with van der Waals surface area (Å²) in [4.78, 5) is 64.7. The standard InChI is InChI=1S/C27H50N3O15P3/c1-2-3-4-5-6-7-8-9-10-11-12-13-14-15-16-17-23(31)28-22-18-19-30(27(34)29-22)26-25(33)24(32)21(43-26)20-42-47(38,39)45-48(40,41)44-46(35,36)37/h18-19,21,24-26,32-33H,2-17,20H2,1H3,(H,38,39)(H,40,41)(H2,35,36,37)(H,28,29,31,34)/t21-,24-,25-,26-/m1/s1. The first-order valence-corrected chi connectivity index (χ1v) is 20.7. The molecular formula is C27H50N3O15P3. The van der Waals surface area contributed by atoms with Crippen LogP contribution in [0.25, 0.3) is 0 Å². The molecule has 278 valence electrons. The largest absolute Gasteiger partial charge is 0.490 e. The number of aromatic nitrogens is 2. The van der Waals surface area contributed by atoms with E-state index in [1.165, 1.54) is 76.7 Å². The Morgan fingerprint density at radius 1 is 0.833 bits per heavy atom. The number of unbranched alkanes of at least 4 members (excludes halogenated alkanes) is 14. The highest BCUT2D eigenvalue weighted by Gasteiger charge is 2.46. The highest BCUT2D eigenvalue weighted by molar-refractivity contribution is 7.66. The number of aliphatic hydroxyl groups excluding tert-OH is 2. The maximum Gasteiger partial charge on any atom is 0.490 e. The van der Waals surface area contributed by atoms with Gasteiger partial charge in [0.2, 0.25) is 5.91 Å². The van der Waals surface area contributed by atoms with Crippen LogP contribution in [0.1, 0.15) is 116 Å². The van der Waals surface area contributed by atoms with Gasteiger partial charge in [-0.05, 0) is 12.5 Å². The molecule has 18 nitrogen and oxygen atoms in total. The fourth-order valence-corrected chi connectivity index (χ4v) is 8.14. The lowest BCUT2D eigenvalue weighted by Crippen LogP contribution is -2.36. The molecule has 21 heteroatoms. The van der Waals surface area contributed by atoms with Crippen LogP contribution in [-0.4, -0.2) is 70.2 Å². The molecule has 0 spiro atoms. The molecule has 1 amide bonds. The zero-order valence-corrected chi connectivity index (χ0v) is 29.8. The van der Waals surface area contributed by atoms with Gasteiger partial charge in [-0.2, -0.15) is 13.6 Å². The monoisotopic (exact) mass is 749 g/mol. The molecule has 48 heavy (non-hydrogen) atoms. The Hall–Kier alpha value is -1.36. The molecule has 0 saturated carbocycles. The van der Waals surface area contributed by atoms with Gasteiger partial charge >= 0.3 is 29.2 Å². The van der Waals surface area contributed by atoms with Crippen molar-refractivity contribution in [3.05, 3.63) is 22.7 Å². The number of nitrogens with one attached hydrogen (secondary N) is 1. The topological polar surface area (TPSA) is 273 Å². The molecule has 1 aromatic heterocycles. The first-order valence-electron chi connectivity index (χ1n) is 16.2. The lowest BCUT2D eigenvalue weighted by Gasteiger charge is -2.19. The number of hydrogen-bond donors (Lipinski definition) is 7. The molecule has 1 fully saturated rings. The zero-order valence-electron chi connectivity index (χ0n) is 27.1. The number of nitrogens with zero attached hydrogens (tertiary/aromatic N) is 2. The average Bonchev–Trinajstić information content (AvgIpc) is 3.25. The van der Waals surface area contributed by atoms with Gasteiger partial charge in [0.1, 0.15) is 24.1 Å². The van der Waals surface area contributed by atoms with Crippen LogP contribution >= 0.6 is 23.5 Å². The fourth-order valence-electron chi connectivity index (χ4n) is 5.11. The Labute approximate surface area is 279 Å². The molecule has 1 aliphatic heterocycles. The van der Waals surface area contributed by atoms with Gasteiger partial charge in [-0.15, -0.1) is 0 Å². The van der Waals surface area contributed by atoms with Gasteiger partial charge < -0.3 is 39.8 Å². The van der Waals surface area contributed by atoms with Gasteiger partial charge in [-0.25, -0.2) is 18.5 Å². The van der Waals surface area contributed by atoms with Gasteiger partial charge in [-0.1, -0.05) is 96.8 Å². The molecule has 2 rings (SSSR count). The molecule has 1 aliphatic rings. The molecule has 0 aliphatic carbocycles. The van der Waals surface area contributed by atoms with Crippen LogP contribution in [0.2, 0.25) is 0 Å². The van der Waals surface area contributed by atoms with Crippen molar-refractivity contribution in [1.29, 1.82) is 0 Å². The second-order valence-electron chi connectivity index (χ2n) is 11.7. The number of anilines is 1. The van der Waals surface area contributed by atoms with Crippen LogP contribution < -0.4 is 11.0 Å². The SMILES string of the molecule is CCCCCCCCCCCCCCCCCC(=O)Nc1ccn([C@@H]2O[C@H](COP(=O)(O)OP(=O)(O)OP(=O)(O)O)[C@@H](O)[C@H]2O)c(=O)n1. The van der Waals surface area contributed by atoms with Crippen molar-refractivity contribution in [3.63, 3.8) is 0 Å². The van der Waals surface area contributed by atoms with E-state index in [2.05, 4.69) is 30.4 Å². The third-order valence-electron chi connectivity index (χ3n) is 7.53. The minimum atomic E-state index is -5.76. The third-order valence-corrected chi connectivity index (χ3v) is 11.3. The highest BCUT2D eigenvalue weighted by Crippen LogP contribution is 2.66. The van der Waals surface area contributed by atoms with Gasteiger partial charge in [0.05, 0.1) is 6.61 Å². The van der Waals surface area contributed by atoms with E-state index in [-0.39, 0.29) is 18.1 Å². The second-order valence-corrected chi connectivity index (χ2v) is 16.1. The maximum atomic E-state index is 12.6. The van der Waals surface area contributed by atoms with E-state index >= 15 is 0 Å². The lowest BCUT2D eigenvalue weighted by atomic mass is 10.0. The summed E-state index contributed by atoms with van der Waals surface area (Å²) in [5.41, 5.74) is -0.968. The minimum Gasteiger partial charge on any atom is -0.387 e. The van der Waals surface area contributed by atoms with E-state index in [4.69, 9.17) is 14.5 Å². The number of amides is 1. The Morgan fingerprint density at radius 2 is 1.35 bits per heavy atom. The van der Waals surface area contributed by atoms with E-state index in [0.717, 1.165) is 30.0 Å². The Morgan fingerprint density at radius 3 is 1.85 bits per heavy atom. The number of rotatable bonds is 25. The van der Waals surface area contributed by atoms with Crippen molar-refractivity contribution in [3.8, 4) is 0 Å². The first kappa shape index (κ1) is 42.8. The molecule has 7 N–H and O–H groups in total. The van der Waals surface area contributed by atoms with Crippen molar-refractivity contribution < 1.29 is 66.2 Å². The van der Waals surface area contributed by atoms with Crippen LogP contribution in [0.4, 0.5) is 5.82 Å². The molecule has 0 aromatic carbocycles. The van der Waals surface area contributed by atoms with Crippen molar-refractivity contribution >= 4 is 35.2 Å². The van der Waals surface area contributed by atoms with Crippen LogP contribution in [0.5, 0.6) is 0 Å². The smallest absolute Gasteiger partial charge is 0.387 e. The molecule has 6 atom stereocenters. The quantitative estimate of drug-likeness (QED) is 0.0539.